The fourth-order valence-electron chi connectivity index (χ4n) is 3.54. The summed E-state index contributed by atoms with van der Waals surface area (Å²) in [5.74, 6) is 0.378. The number of hydrogen-bond donors (Lipinski definition) is 0. The van der Waals surface area contributed by atoms with E-state index in [2.05, 4.69) is 15.0 Å². The van der Waals surface area contributed by atoms with Crippen molar-refractivity contribution in [1.29, 1.82) is 0 Å². The Hall–Kier alpha value is -3.03. The van der Waals surface area contributed by atoms with Crippen LogP contribution < -0.4 is 0 Å². The molecule has 2 aromatic rings. The van der Waals surface area contributed by atoms with Crippen LogP contribution in [0.1, 0.15) is 23.2 Å². The predicted octanol–water partition coefficient (Wildman–Crippen LogP) is 1.60. The number of amides is 2. The van der Waals surface area contributed by atoms with E-state index in [-0.39, 0.29) is 12.0 Å². The number of likely N-dealkylation sites (tertiary alicyclic amines) is 1. The second kappa shape index (κ2) is 6.36. The minimum Gasteiger partial charge on any atom is -0.439 e. The minimum atomic E-state index is -0.601. The Bertz CT molecular complexity index is 826. The summed E-state index contributed by atoms with van der Waals surface area (Å²) < 4.78 is 5.55. The first-order chi connectivity index (χ1) is 12.6. The second-order valence-electron chi connectivity index (χ2n) is 6.77. The van der Waals surface area contributed by atoms with E-state index in [1.54, 1.807) is 29.2 Å². The van der Waals surface area contributed by atoms with E-state index in [0.29, 0.717) is 31.0 Å². The molecule has 8 heteroatoms. The van der Waals surface area contributed by atoms with Gasteiger partial charge in [-0.1, -0.05) is 0 Å². The molecule has 2 aliphatic rings. The number of carbonyl (C=O) groups excluding carboxylic acids is 2. The van der Waals surface area contributed by atoms with E-state index in [4.69, 9.17) is 4.74 Å². The van der Waals surface area contributed by atoms with Crippen LogP contribution >= 0.6 is 0 Å². The van der Waals surface area contributed by atoms with Crippen LogP contribution in [0, 0.1) is 0 Å². The SMILES string of the molecule is CN1CC2(CCCN(C(=O)c3cnc(-c4cccnc4)nc3)C2)OC1=O. The van der Waals surface area contributed by atoms with Crippen molar-refractivity contribution in [3.63, 3.8) is 0 Å². The Kier molecular flexibility index (Phi) is 4.02. The molecule has 134 valence electrons. The largest absolute Gasteiger partial charge is 0.439 e. The summed E-state index contributed by atoms with van der Waals surface area (Å²) in [7, 11) is 1.71. The molecular weight excluding hydrogens is 334 g/mol. The molecule has 0 bridgehead atoms. The molecule has 1 unspecified atom stereocenters. The fourth-order valence-corrected chi connectivity index (χ4v) is 3.54. The van der Waals surface area contributed by atoms with Gasteiger partial charge in [-0.25, -0.2) is 14.8 Å². The summed E-state index contributed by atoms with van der Waals surface area (Å²) in [6.07, 6.45) is 7.66. The van der Waals surface area contributed by atoms with Crippen molar-refractivity contribution in [2.24, 2.45) is 0 Å². The van der Waals surface area contributed by atoms with Crippen molar-refractivity contribution < 1.29 is 14.3 Å². The average Bonchev–Trinajstić information content (AvgIpc) is 2.94. The Morgan fingerprint density at radius 2 is 2.04 bits per heavy atom. The van der Waals surface area contributed by atoms with Gasteiger partial charge in [0.2, 0.25) is 0 Å². The topological polar surface area (TPSA) is 88.5 Å². The van der Waals surface area contributed by atoms with E-state index in [1.165, 1.54) is 12.4 Å². The number of hydrogen-bond acceptors (Lipinski definition) is 6. The highest BCUT2D eigenvalue weighted by atomic mass is 16.6. The van der Waals surface area contributed by atoms with Gasteiger partial charge in [-0.2, -0.15) is 0 Å². The molecule has 0 radical (unpaired) electrons. The smallest absolute Gasteiger partial charge is 0.410 e. The molecule has 26 heavy (non-hydrogen) atoms. The standard InChI is InChI=1S/C18H19N5O3/c1-22-11-18(26-17(22)25)5-3-7-23(12-18)16(24)14-9-20-15(21-10-14)13-4-2-6-19-8-13/h2,4,6,8-10H,3,5,7,11-12H2,1H3. The van der Waals surface area contributed by atoms with Gasteiger partial charge in [-0.15, -0.1) is 0 Å². The van der Waals surface area contributed by atoms with Crippen LogP contribution in [-0.4, -0.2) is 69.0 Å². The first kappa shape index (κ1) is 16.4. The lowest BCUT2D eigenvalue weighted by molar-refractivity contribution is -0.00524. The molecule has 2 saturated heterocycles. The molecule has 0 aromatic carbocycles. The van der Waals surface area contributed by atoms with Crippen molar-refractivity contribution in [3.05, 3.63) is 42.5 Å². The number of carbonyl (C=O) groups is 2. The van der Waals surface area contributed by atoms with Gasteiger partial charge in [-0.05, 0) is 25.0 Å². The van der Waals surface area contributed by atoms with Crippen molar-refractivity contribution in [2.75, 3.05) is 26.7 Å². The maximum absolute atomic E-state index is 12.8. The van der Waals surface area contributed by atoms with Crippen LogP contribution in [0.2, 0.25) is 0 Å². The summed E-state index contributed by atoms with van der Waals surface area (Å²) in [5, 5.41) is 0. The summed E-state index contributed by atoms with van der Waals surface area (Å²) in [5.41, 5.74) is 0.618. The zero-order chi connectivity index (χ0) is 18.1. The molecule has 4 heterocycles. The molecule has 1 atom stereocenters. The number of pyridine rings is 1. The third kappa shape index (κ3) is 2.98. The number of ether oxygens (including phenoxy) is 1. The van der Waals surface area contributed by atoms with Gasteiger partial charge < -0.3 is 14.5 Å². The van der Waals surface area contributed by atoms with Crippen LogP contribution in [0.4, 0.5) is 4.79 Å². The number of rotatable bonds is 2. The highest BCUT2D eigenvalue weighted by Gasteiger charge is 2.47. The fraction of sp³-hybridized carbons (Fsp3) is 0.389. The third-order valence-electron chi connectivity index (χ3n) is 4.79. The molecule has 4 rings (SSSR count). The number of nitrogens with zero attached hydrogens (tertiary/aromatic N) is 5. The van der Waals surface area contributed by atoms with E-state index < -0.39 is 5.60 Å². The molecule has 2 aliphatic heterocycles. The highest BCUT2D eigenvalue weighted by molar-refractivity contribution is 5.94. The zero-order valence-electron chi connectivity index (χ0n) is 14.5. The van der Waals surface area contributed by atoms with Crippen molar-refractivity contribution >= 4 is 12.0 Å². The molecule has 0 saturated carbocycles. The Balaban J connectivity index is 1.50. The zero-order valence-corrected chi connectivity index (χ0v) is 14.5. The second-order valence-corrected chi connectivity index (χ2v) is 6.77. The van der Waals surface area contributed by atoms with Gasteiger partial charge in [-0.3, -0.25) is 9.78 Å². The molecule has 2 amide bonds. The predicted molar refractivity (Wildman–Crippen MR) is 92.2 cm³/mol. The molecule has 2 aromatic heterocycles. The first-order valence-electron chi connectivity index (χ1n) is 8.52. The van der Waals surface area contributed by atoms with Crippen LogP contribution in [-0.2, 0) is 4.74 Å². The molecule has 0 N–H and O–H groups in total. The van der Waals surface area contributed by atoms with Crippen LogP contribution in [0.25, 0.3) is 11.4 Å². The maximum Gasteiger partial charge on any atom is 0.410 e. The Morgan fingerprint density at radius 3 is 2.69 bits per heavy atom. The van der Waals surface area contributed by atoms with Crippen molar-refractivity contribution in [2.45, 2.75) is 18.4 Å². The van der Waals surface area contributed by atoms with E-state index >= 15 is 0 Å². The first-order valence-corrected chi connectivity index (χ1v) is 8.52. The van der Waals surface area contributed by atoms with Crippen LogP contribution in [0.15, 0.2) is 36.9 Å². The average molecular weight is 353 g/mol. The van der Waals surface area contributed by atoms with E-state index in [9.17, 15) is 9.59 Å². The Labute approximate surface area is 150 Å². The van der Waals surface area contributed by atoms with Crippen molar-refractivity contribution in [3.8, 4) is 11.4 Å². The lowest BCUT2D eigenvalue weighted by Gasteiger charge is -2.38. The third-order valence-corrected chi connectivity index (χ3v) is 4.79. The van der Waals surface area contributed by atoms with E-state index in [1.807, 2.05) is 12.1 Å². The molecule has 2 fully saturated rings. The monoisotopic (exact) mass is 353 g/mol. The normalized spacial score (nSPS) is 22.6. The Morgan fingerprint density at radius 1 is 1.23 bits per heavy atom. The van der Waals surface area contributed by atoms with E-state index in [0.717, 1.165) is 18.4 Å². The molecule has 0 aliphatic carbocycles. The lowest BCUT2D eigenvalue weighted by Crippen LogP contribution is -2.52. The maximum atomic E-state index is 12.8. The number of aromatic nitrogens is 3. The molecule has 1 spiro atoms. The van der Waals surface area contributed by atoms with Gasteiger partial charge in [0.1, 0.15) is 5.60 Å². The van der Waals surface area contributed by atoms with Crippen LogP contribution in [0.3, 0.4) is 0 Å². The quantitative estimate of drug-likeness (QED) is 0.815. The molecule has 8 nitrogen and oxygen atoms in total. The van der Waals surface area contributed by atoms with Gasteiger partial charge >= 0.3 is 6.09 Å². The number of piperidine rings is 1. The van der Waals surface area contributed by atoms with Gasteiger partial charge in [0, 0.05) is 43.9 Å². The van der Waals surface area contributed by atoms with Gasteiger partial charge in [0.15, 0.2) is 5.82 Å². The summed E-state index contributed by atoms with van der Waals surface area (Å²) in [6, 6.07) is 3.67. The minimum absolute atomic E-state index is 0.146. The van der Waals surface area contributed by atoms with Gasteiger partial charge in [0.05, 0.1) is 18.7 Å². The van der Waals surface area contributed by atoms with Crippen LogP contribution in [0.5, 0.6) is 0 Å². The summed E-state index contributed by atoms with van der Waals surface area (Å²) >= 11 is 0. The summed E-state index contributed by atoms with van der Waals surface area (Å²) in [4.78, 5) is 40.5. The lowest BCUT2D eigenvalue weighted by atomic mass is 9.92. The van der Waals surface area contributed by atoms with Crippen molar-refractivity contribution in [1.82, 2.24) is 24.8 Å². The van der Waals surface area contributed by atoms with Gasteiger partial charge in [0.25, 0.3) is 5.91 Å². The summed E-state index contributed by atoms with van der Waals surface area (Å²) in [6.45, 7) is 1.53. The molecular formula is C18H19N5O3. The highest BCUT2D eigenvalue weighted by Crippen LogP contribution is 2.31. The number of likely N-dealkylation sites (N-methyl/N-ethyl adjacent to an activating group) is 1.